The number of carbonyl (C=O) groups is 1. The van der Waals surface area contributed by atoms with E-state index in [1.54, 1.807) is 19.2 Å². The third-order valence-corrected chi connectivity index (χ3v) is 2.56. The molecule has 2 aromatic heterocycles. The van der Waals surface area contributed by atoms with Crippen LogP contribution < -0.4 is 4.73 Å². The van der Waals surface area contributed by atoms with Gasteiger partial charge in [0, 0.05) is 13.1 Å². The number of hydrogen-bond acceptors (Lipinski definition) is 3. The van der Waals surface area contributed by atoms with E-state index < -0.39 is 0 Å². The summed E-state index contributed by atoms with van der Waals surface area (Å²) in [7, 11) is 1.67. The molecule has 0 atom stereocenters. The summed E-state index contributed by atoms with van der Waals surface area (Å²) in [5.41, 5.74) is 0.360. The Hall–Kier alpha value is -2.30. The standard InChI is InChI=1S/C13H14N2O3/c1-10-5-6-12(18-10)9-14(2)13(16)11-4-3-7-15(17)8-11/h3-8H,9H2,1-2H3. The Morgan fingerprint density at radius 2 is 2.22 bits per heavy atom. The number of hydrogen-bond donors (Lipinski definition) is 0. The number of pyridine rings is 1. The molecule has 0 spiro atoms. The highest BCUT2D eigenvalue weighted by atomic mass is 16.5. The molecular weight excluding hydrogens is 232 g/mol. The zero-order chi connectivity index (χ0) is 13.1. The molecule has 5 nitrogen and oxygen atoms in total. The third kappa shape index (κ3) is 2.68. The van der Waals surface area contributed by atoms with Crippen molar-refractivity contribution in [3.05, 3.63) is 59.0 Å². The van der Waals surface area contributed by atoms with Gasteiger partial charge in [0.15, 0.2) is 12.4 Å². The second kappa shape index (κ2) is 4.91. The average molecular weight is 246 g/mol. The molecule has 0 aliphatic heterocycles. The topological polar surface area (TPSA) is 60.4 Å². The van der Waals surface area contributed by atoms with E-state index in [0.717, 1.165) is 5.76 Å². The van der Waals surface area contributed by atoms with E-state index >= 15 is 0 Å². The summed E-state index contributed by atoms with van der Waals surface area (Å²) in [6.07, 6.45) is 2.60. The van der Waals surface area contributed by atoms with Crippen LogP contribution in [0.1, 0.15) is 21.9 Å². The van der Waals surface area contributed by atoms with E-state index in [-0.39, 0.29) is 5.91 Å². The highest BCUT2D eigenvalue weighted by Crippen LogP contribution is 2.10. The predicted octanol–water partition coefficient (Wildman–Crippen LogP) is 1.49. The van der Waals surface area contributed by atoms with Gasteiger partial charge in [-0.2, -0.15) is 4.73 Å². The number of furan rings is 1. The van der Waals surface area contributed by atoms with Gasteiger partial charge in [-0.3, -0.25) is 4.79 Å². The van der Waals surface area contributed by atoms with Crippen LogP contribution in [0.25, 0.3) is 0 Å². The second-order valence-electron chi connectivity index (χ2n) is 4.13. The molecule has 0 bridgehead atoms. The lowest BCUT2D eigenvalue weighted by Gasteiger charge is -2.15. The van der Waals surface area contributed by atoms with Crippen molar-refractivity contribution in [2.45, 2.75) is 13.5 Å². The highest BCUT2D eigenvalue weighted by molar-refractivity contribution is 5.93. The van der Waals surface area contributed by atoms with Crippen molar-refractivity contribution in [2.24, 2.45) is 0 Å². The summed E-state index contributed by atoms with van der Waals surface area (Å²) in [6, 6.07) is 6.84. The molecular formula is C13H14N2O3. The molecule has 0 aliphatic carbocycles. The highest BCUT2D eigenvalue weighted by Gasteiger charge is 2.15. The van der Waals surface area contributed by atoms with Crippen molar-refractivity contribution in [3.8, 4) is 0 Å². The lowest BCUT2D eigenvalue weighted by atomic mass is 10.2. The van der Waals surface area contributed by atoms with Crippen LogP contribution in [0.5, 0.6) is 0 Å². The number of carbonyl (C=O) groups excluding carboxylic acids is 1. The molecule has 0 unspecified atom stereocenters. The fourth-order valence-electron chi connectivity index (χ4n) is 1.68. The number of nitrogens with zero attached hydrogens (tertiary/aromatic N) is 2. The van der Waals surface area contributed by atoms with E-state index in [1.165, 1.54) is 17.3 Å². The molecule has 0 N–H and O–H groups in total. The first-order valence-corrected chi connectivity index (χ1v) is 5.56. The molecule has 0 fully saturated rings. The van der Waals surface area contributed by atoms with Gasteiger partial charge in [0.1, 0.15) is 17.1 Å². The van der Waals surface area contributed by atoms with Crippen LogP contribution in [0.15, 0.2) is 41.1 Å². The largest absolute Gasteiger partial charge is 0.619 e. The van der Waals surface area contributed by atoms with Crippen molar-refractivity contribution in [3.63, 3.8) is 0 Å². The van der Waals surface area contributed by atoms with Gasteiger partial charge >= 0.3 is 0 Å². The van der Waals surface area contributed by atoms with Gasteiger partial charge in [-0.05, 0) is 25.1 Å². The fraction of sp³-hybridized carbons (Fsp3) is 0.231. The Labute approximate surface area is 105 Å². The van der Waals surface area contributed by atoms with E-state index in [0.29, 0.717) is 22.6 Å². The minimum absolute atomic E-state index is 0.214. The maximum absolute atomic E-state index is 12.0. The van der Waals surface area contributed by atoms with Gasteiger partial charge in [0.05, 0.1) is 6.54 Å². The summed E-state index contributed by atoms with van der Waals surface area (Å²) in [5, 5.41) is 11.1. The zero-order valence-electron chi connectivity index (χ0n) is 10.3. The normalized spacial score (nSPS) is 10.3. The minimum Gasteiger partial charge on any atom is -0.619 e. The minimum atomic E-state index is -0.214. The first kappa shape index (κ1) is 12.2. The van der Waals surface area contributed by atoms with E-state index in [1.807, 2.05) is 19.1 Å². The Bertz CT molecular complexity index is 563. The molecule has 94 valence electrons. The smallest absolute Gasteiger partial charge is 0.260 e. The molecule has 0 aromatic carbocycles. The second-order valence-corrected chi connectivity index (χ2v) is 4.13. The fourth-order valence-corrected chi connectivity index (χ4v) is 1.68. The van der Waals surface area contributed by atoms with Gasteiger partial charge in [-0.25, -0.2) is 0 Å². The van der Waals surface area contributed by atoms with Crippen LogP contribution in [-0.4, -0.2) is 17.9 Å². The van der Waals surface area contributed by atoms with Crippen LogP contribution in [-0.2, 0) is 6.54 Å². The SMILES string of the molecule is Cc1ccc(CN(C)C(=O)c2ccc[n+]([O-])c2)o1. The quantitative estimate of drug-likeness (QED) is 0.609. The summed E-state index contributed by atoms with van der Waals surface area (Å²) in [5.74, 6) is 1.31. The van der Waals surface area contributed by atoms with Gasteiger partial charge in [-0.1, -0.05) is 0 Å². The van der Waals surface area contributed by atoms with Crippen molar-refractivity contribution in [2.75, 3.05) is 7.05 Å². The summed E-state index contributed by atoms with van der Waals surface area (Å²) in [4.78, 5) is 13.5. The molecule has 0 radical (unpaired) electrons. The maximum atomic E-state index is 12.0. The van der Waals surface area contributed by atoms with E-state index in [2.05, 4.69) is 0 Å². The maximum Gasteiger partial charge on any atom is 0.260 e. The molecule has 0 aliphatic rings. The van der Waals surface area contributed by atoms with Crippen LogP contribution in [0.2, 0.25) is 0 Å². The zero-order valence-corrected chi connectivity index (χ0v) is 10.3. The summed E-state index contributed by atoms with van der Waals surface area (Å²) >= 11 is 0. The molecule has 2 rings (SSSR count). The molecule has 0 saturated heterocycles. The van der Waals surface area contributed by atoms with Crippen LogP contribution in [0.3, 0.4) is 0 Å². The molecule has 18 heavy (non-hydrogen) atoms. The third-order valence-electron chi connectivity index (χ3n) is 2.56. The van der Waals surface area contributed by atoms with E-state index in [4.69, 9.17) is 4.42 Å². The van der Waals surface area contributed by atoms with Crippen molar-refractivity contribution in [1.82, 2.24) is 4.90 Å². The Morgan fingerprint density at radius 1 is 1.44 bits per heavy atom. The Kier molecular flexibility index (Phi) is 3.32. The molecule has 0 saturated carbocycles. The van der Waals surface area contributed by atoms with E-state index in [9.17, 15) is 10.0 Å². The number of aryl methyl sites for hydroxylation is 1. The number of aromatic nitrogens is 1. The molecule has 5 heteroatoms. The van der Waals surface area contributed by atoms with Crippen molar-refractivity contribution < 1.29 is 13.9 Å². The van der Waals surface area contributed by atoms with Crippen LogP contribution in [0.4, 0.5) is 0 Å². The predicted molar refractivity (Wildman–Crippen MR) is 64.6 cm³/mol. The lowest BCUT2D eigenvalue weighted by Crippen LogP contribution is -2.31. The number of amides is 1. The first-order chi connectivity index (χ1) is 8.56. The number of rotatable bonds is 3. The summed E-state index contributed by atoms with van der Waals surface area (Å²) in [6.45, 7) is 2.23. The monoisotopic (exact) mass is 246 g/mol. The van der Waals surface area contributed by atoms with Crippen LogP contribution >= 0.6 is 0 Å². The molecule has 1 amide bonds. The van der Waals surface area contributed by atoms with Gasteiger partial charge < -0.3 is 14.5 Å². The average Bonchev–Trinajstić information content (AvgIpc) is 2.73. The molecule has 2 heterocycles. The Balaban J connectivity index is 2.09. The summed E-state index contributed by atoms with van der Waals surface area (Å²) < 4.78 is 6.01. The van der Waals surface area contributed by atoms with Crippen molar-refractivity contribution >= 4 is 5.91 Å². The Morgan fingerprint density at radius 3 is 2.83 bits per heavy atom. The van der Waals surface area contributed by atoms with Crippen LogP contribution in [0, 0.1) is 12.1 Å². The molecule has 2 aromatic rings. The van der Waals surface area contributed by atoms with Gasteiger partial charge in [0.25, 0.3) is 5.91 Å². The van der Waals surface area contributed by atoms with Gasteiger partial charge in [-0.15, -0.1) is 0 Å². The van der Waals surface area contributed by atoms with Gasteiger partial charge in [0.2, 0.25) is 0 Å². The van der Waals surface area contributed by atoms with Crippen molar-refractivity contribution in [1.29, 1.82) is 0 Å². The first-order valence-electron chi connectivity index (χ1n) is 5.56. The lowest BCUT2D eigenvalue weighted by molar-refractivity contribution is -0.605.